The highest BCUT2D eigenvalue weighted by Crippen LogP contribution is 2.29. The number of anilines is 1. The fourth-order valence-corrected chi connectivity index (χ4v) is 2.04. The first-order valence-corrected chi connectivity index (χ1v) is 6.29. The van der Waals surface area contributed by atoms with Crippen LogP contribution in [0.2, 0.25) is 0 Å². The maximum atomic E-state index is 11.2. The van der Waals surface area contributed by atoms with Gasteiger partial charge in [-0.2, -0.15) is 0 Å². The minimum Gasteiger partial charge on any atom is -0.478 e. The van der Waals surface area contributed by atoms with E-state index in [9.17, 15) is 9.90 Å². The van der Waals surface area contributed by atoms with Crippen LogP contribution in [0.1, 0.15) is 10.4 Å². The molecule has 2 aromatic carbocycles. The zero-order valence-corrected chi connectivity index (χ0v) is 11.0. The minimum absolute atomic E-state index is 0.0605. The van der Waals surface area contributed by atoms with Crippen LogP contribution in [-0.4, -0.2) is 16.1 Å². The topological polar surface area (TPSA) is 85.4 Å². The number of rotatable bonds is 3. The molecule has 0 bridgehead atoms. The number of hydrogen-bond acceptors (Lipinski definition) is 4. The molecule has 104 valence electrons. The molecule has 1 heterocycles. The first-order valence-electron chi connectivity index (χ1n) is 6.29. The third kappa shape index (κ3) is 2.62. The molecule has 0 aliphatic carbocycles. The summed E-state index contributed by atoms with van der Waals surface area (Å²) >= 11 is 0. The second-order valence-corrected chi connectivity index (χ2v) is 4.52. The monoisotopic (exact) mass is 280 g/mol. The van der Waals surface area contributed by atoms with Gasteiger partial charge in [0.25, 0.3) is 0 Å². The van der Waals surface area contributed by atoms with Crippen LogP contribution in [0, 0.1) is 0 Å². The number of hydrogen-bond donors (Lipinski definition) is 2. The molecule has 0 saturated heterocycles. The summed E-state index contributed by atoms with van der Waals surface area (Å²) in [6.07, 6.45) is 1.69. The van der Waals surface area contributed by atoms with E-state index in [4.69, 9.17) is 10.5 Å². The Morgan fingerprint density at radius 1 is 1.14 bits per heavy atom. The van der Waals surface area contributed by atoms with Crippen molar-refractivity contribution in [2.24, 2.45) is 0 Å². The Hall–Kier alpha value is -3.08. The van der Waals surface area contributed by atoms with Gasteiger partial charge in [-0.3, -0.25) is 4.98 Å². The summed E-state index contributed by atoms with van der Waals surface area (Å²) in [5.41, 5.74) is 6.96. The summed E-state index contributed by atoms with van der Waals surface area (Å²) in [7, 11) is 0. The number of nitrogens with zero attached hydrogens (tertiary/aromatic N) is 1. The smallest absolute Gasteiger partial charge is 0.339 e. The third-order valence-corrected chi connectivity index (χ3v) is 3.04. The summed E-state index contributed by atoms with van der Waals surface area (Å²) in [6, 6.07) is 13.6. The molecule has 5 nitrogen and oxygen atoms in total. The number of carbonyl (C=O) groups is 1. The van der Waals surface area contributed by atoms with Crippen molar-refractivity contribution in [2.75, 3.05) is 5.73 Å². The Bertz CT molecular complexity index is 831. The Morgan fingerprint density at radius 2 is 2.00 bits per heavy atom. The van der Waals surface area contributed by atoms with Crippen LogP contribution in [-0.2, 0) is 0 Å². The first-order chi connectivity index (χ1) is 10.1. The van der Waals surface area contributed by atoms with Gasteiger partial charge in [-0.25, -0.2) is 4.79 Å². The lowest BCUT2D eigenvalue weighted by Gasteiger charge is -2.10. The molecule has 0 aliphatic heterocycles. The fourth-order valence-electron chi connectivity index (χ4n) is 2.04. The van der Waals surface area contributed by atoms with Crippen LogP contribution in [0.25, 0.3) is 10.9 Å². The van der Waals surface area contributed by atoms with E-state index in [1.54, 1.807) is 18.3 Å². The van der Waals surface area contributed by atoms with Gasteiger partial charge in [-0.15, -0.1) is 0 Å². The molecule has 0 atom stereocenters. The van der Waals surface area contributed by atoms with Crippen molar-refractivity contribution in [1.29, 1.82) is 0 Å². The van der Waals surface area contributed by atoms with Crippen molar-refractivity contribution in [1.82, 2.24) is 4.98 Å². The number of aromatic nitrogens is 1. The Kier molecular flexibility index (Phi) is 3.16. The van der Waals surface area contributed by atoms with Gasteiger partial charge in [-0.1, -0.05) is 6.07 Å². The standard InChI is InChI=1S/C16H12N2O3/c17-11-4-6-13(16(19)20)15(8-11)21-12-5-3-10-2-1-7-18-14(10)9-12/h1-9H,17H2,(H,19,20). The summed E-state index contributed by atoms with van der Waals surface area (Å²) in [5.74, 6) is -0.351. The lowest BCUT2D eigenvalue weighted by Crippen LogP contribution is -2.01. The second kappa shape index (κ2) is 5.13. The van der Waals surface area contributed by atoms with Crippen LogP contribution in [0.3, 0.4) is 0 Å². The highest BCUT2D eigenvalue weighted by Gasteiger charge is 2.12. The number of fused-ring (bicyclic) bond motifs is 1. The zero-order chi connectivity index (χ0) is 14.8. The summed E-state index contributed by atoms with van der Waals surface area (Å²) in [6.45, 7) is 0. The Labute approximate surface area is 120 Å². The van der Waals surface area contributed by atoms with E-state index in [0.717, 1.165) is 10.9 Å². The largest absolute Gasteiger partial charge is 0.478 e. The van der Waals surface area contributed by atoms with E-state index in [1.807, 2.05) is 18.2 Å². The number of pyridine rings is 1. The van der Waals surface area contributed by atoms with Crippen LogP contribution >= 0.6 is 0 Å². The quantitative estimate of drug-likeness (QED) is 0.719. The van der Waals surface area contributed by atoms with Gasteiger partial charge >= 0.3 is 5.97 Å². The van der Waals surface area contributed by atoms with E-state index < -0.39 is 5.97 Å². The number of nitrogen functional groups attached to an aromatic ring is 1. The molecule has 3 N–H and O–H groups in total. The maximum absolute atomic E-state index is 11.2. The predicted octanol–water partition coefficient (Wildman–Crippen LogP) is 3.31. The lowest BCUT2D eigenvalue weighted by atomic mass is 10.1. The molecule has 0 saturated carbocycles. The van der Waals surface area contributed by atoms with E-state index in [-0.39, 0.29) is 11.3 Å². The number of carboxylic acids is 1. The molecule has 5 heteroatoms. The molecule has 21 heavy (non-hydrogen) atoms. The van der Waals surface area contributed by atoms with Gasteiger partial charge in [0.2, 0.25) is 0 Å². The van der Waals surface area contributed by atoms with Crippen molar-refractivity contribution in [3.8, 4) is 11.5 Å². The Morgan fingerprint density at radius 3 is 2.81 bits per heavy atom. The van der Waals surface area contributed by atoms with Crippen molar-refractivity contribution < 1.29 is 14.6 Å². The number of ether oxygens (including phenoxy) is 1. The molecule has 0 fully saturated rings. The molecule has 0 radical (unpaired) electrons. The average Bonchev–Trinajstić information content (AvgIpc) is 2.47. The third-order valence-electron chi connectivity index (χ3n) is 3.04. The van der Waals surface area contributed by atoms with E-state index >= 15 is 0 Å². The van der Waals surface area contributed by atoms with Gasteiger partial charge in [-0.05, 0) is 30.3 Å². The minimum atomic E-state index is -1.07. The molecule has 1 aromatic heterocycles. The molecular weight excluding hydrogens is 268 g/mol. The summed E-state index contributed by atoms with van der Waals surface area (Å²) in [5, 5.41) is 10.2. The molecule has 0 unspecified atom stereocenters. The van der Waals surface area contributed by atoms with Crippen LogP contribution in [0.15, 0.2) is 54.7 Å². The lowest BCUT2D eigenvalue weighted by molar-refractivity contribution is 0.0694. The van der Waals surface area contributed by atoms with Crippen molar-refractivity contribution >= 4 is 22.6 Å². The normalized spacial score (nSPS) is 10.5. The molecule has 3 aromatic rings. The van der Waals surface area contributed by atoms with Gasteiger partial charge in [0.15, 0.2) is 0 Å². The number of benzene rings is 2. The van der Waals surface area contributed by atoms with Crippen LogP contribution in [0.5, 0.6) is 11.5 Å². The highest BCUT2D eigenvalue weighted by atomic mass is 16.5. The highest BCUT2D eigenvalue weighted by molar-refractivity contribution is 5.91. The zero-order valence-electron chi connectivity index (χ0n) is 11.0. The van der Waals surface area contributed by atoms with E-state index in [1.165, 1.54) is 18.2 Å². The molecule has 3 rings (SSSR count). The van der Waals surface area contributed by atoms with Gasteiger partial charge in [0.05, 0.1) is 5.52 Å². The van der Waals surface area contributed by atoms with Crippen LogP contribution in [0.4, 0.5) is 5.69 Å². The Balaban J connectivity index is 2.02. The van der Waals surface area contributed by atoms with Gasteiger partial charge < -0.3 is 15.6 Å². The molecular formula is C16H12N2O3. The number of nitrogens with two attached hydrogens (primary N) is 1. The van der Waals surface area contributed by atoms with Crippen molar-refractivity contribution in [3.63, 3.8) is 0 Å². The second-order valence-electron chi connectivity index (χ2n) is 4.52. The van der Waals surface area contributed by atoms with Gasteiger partial charge in [0, 0.05) is 29.4 Å². The average molecular weight is 280 g/mol. The maximum Gasteiger partial charge on any atom is 0.339 e. The van der Waals surface area contributed by atoms with E-state index in [2.05, 4.69) is 4.98 Å². The van der Waals surface area contributed by atoms with E-state index in [0.29, 0.717) is 11.4 Å². The molecule has 0 aliphatic rings. The fraction of sp³-hybridized carbons (Fsp3) is 0. The molecule has 0 spiro atoms. The van der Waals surface area contributed by atoms with Crippen molar-refractivity contribution in [2.45, 2.75) is 0 Å². The summed E-state index contributed by atoms with van der Waals surface area (Å²) < 4.78 is 5.66. The van der Waals surface area contributed by atoms with Crippen molar-refractivity contribution in [3.05, 3.63) is 60.3 Å². The number of aromatic carboxylic acids is 1. The SMILES string of the molecule is Nc1ccc(C(=O)O)c(Oc2ccc3cccnc3c2)c1. The number of carboxylic acid groups (broad SMARTS) is 1. The summed E-state index contributed by atoms with van der Waals surface area (Å²) in [4.78, 5) is 15.4. The first kappa shape index (κ1) is 12.9. The molecule has 0 amide bonds. The van der Waals surface area contributed by atoms with Crippen LogP contribution < -0.4 is 10.5 Å². The predicted molar refractivity (Wildman–Crippen MR) is 79.6 cm³/mol. The van der Waals surface area contributed by atoms with Gasteiger partial charge in [0.1, 0.15) is 17.1 Å².